The van der Waals surface area contributed by atoms with Gasteiger partial charge in [-0.3, -0.25) is 4.79 Å². The molecule has 5 nitrogen and oxygen atoms in total. The van der Waals surface area contributed by atoms with E-state index in [4.69, 9.17) is 10.5 Å². The van der Waals surface area contributed by atoms with Crippen molar-refractivity contribution in [3.8, 4) is 0 Å². The van der Waals surface area contributed by atoms with Crippen LogP contribution in [-0.4, -0.2) is 53.9 Å². The van der Waals surface area contributed by atoms with Crippen molar-refractivity contribution in [1.82, 2.24) is 4.90 Å². The van der Waals surface area contributed by atoms with Crippen LogP contribution in [0, 0.1) is 0 Å². The lowest BCUT2D eigenvalue weighted by atomic mass is 9.99. The van der Waals surface area contributed by atoms with Gasteiger partial charge in [-0.1, -0.05) is 0 Å². The predicted molar refractivity (Wildman–Crippen MR) is 58.7 cm³/mol. The number of hydrogen-bond acceptors (Lipinski definition) is 4. The molecule has 1 amide bonds. The molecule has 16 heavy (non-hydrogen) atoms. The van der Waals surface area contributed by atoms with E-state index in [1.807, 2.05) is 4.90 Å². The molecular weight excluding hydrogens is 208 g/mol. The van der Waals surface area contributed by atoms with Crippen LogP contribution >= 0.6 is 0 Å². The first-order valence-corrected chi connectivity index (χ1v) is 5.88. The Balaban J connectivity index is 2.02. The summed E-state index contributed by atoms with van der Waals surface area (Å²) in [6.45, 7) is 0.261. The lowest BCUT2D eigenvalue weighted by Gasteiger charge is -2.38. The molecule has 92 valence electrons. The van der Waals surface area contributed by atoms with Gasteiger partial charge >= 0.3 is 0 Å². The number of hydrogen-bond donors (Lipinski definition) is 2. The topological polar surface area (TPSA) is 75.8 Å². The Kier molecular flexibility index (Phi) is 3.47. The van der Waals surface area contributed by atoms with Crippen molar-refractivity contribution in [3.63, 3.8) is 0 Å². The minimum absolute atomic E-state index is 0.0266. The van der Waals surface area contributed by atoms with Crippen LogP contribution < -0.4 is 5.73 Å². The fraction of sp³-hybridized carbons (Fsp3) is 0.909. The second kappa shape index (κ2) is 4.69. The summed E-state index contributed by atoms with van der Waals surface area (Å²) in [5, 5.41) is 9.64. The van der Waals surface area contributed by atoms with Crippen LogP contribution in [0.15, 0.2) is 0 Å². The summed E-state index contributed by atoms with van der Waals surface area (Å²) in [6.07, 6.45) is 3.13. The number of fused-ring (bicyclic) bond motifs is 2. The van der Waals surface area contributed by atoms with Crippen molar-refractivity contribution in [1.29, 1.82) is 0 Å². The zero-order chi connectivity index (χ0) is 11.7. The van der Waals surface area contributed by atoms with Crippen LogP contribution in [-0.2, 0) is 9.53 Å². The first-order chi connectivity index (χ1) is 7.63. The molecule has 0 saturated carbocycles. The number of nitrogens with zero attached hydrogens (tertiary/aromatic N) is 1. The monoisotopic (exact) mass is 228 g/mol. The summed E-state index contributed by atoms with van der Waals surface area (Å²) >= 11 is 0. The first-order valence-electron chi connectivity index (χ1n) is 5.88. The molecule has 0 aromatic rings. The smallest absolute Gasteiger partial charge is 0.242 e. The number of amides is 1. The number of aliphatic hydroxyl groups is 1. The summed E-state index contributed by atoms with van der Waals surface area (Å²) in [7, 11) is 1.54. The number of piperidine rings is 1. The van der Waals surface area contributed by atoms with Gasteiger partial charge in [0.05, 0.1) is 12.7 Å². The van der Waals surface area contributed by atoms with E-state index in [-0.39, 0.29) is 30.7 Å². The Morgan fingerprint density at radius 1 is 1.50 bits per heavy atom. The fourth-order valence-corrected chi connectivity index (χ4v) is 2.95. The molecule has 2 fully saturated rings. The van der Waals surface area contributed by atoms with Crippen LogP contribution in [0.4, 0.5) is 0 Å². The summed E-state index contributed by atoms with van der Waals surface area (Å²) in [5.74, 6) is -0.0266. The summed E-state index contributed by atoms with van der Waals surface area (Å²) in [6, 6.07) is -0.198. The van der Waals surface area contributed by atoms with Crippen LogP contribution in [0.3, 0.4) is 0 Å². The Hall–Kier alpha value is -0.650. The first kappa shape index (κ1) is 11.8. The van der Waals surface area contributed by atoms with Crippen molar-refractivity contribution in [2.24, 2.45) is 5.73 Å². The molecule has 2 rings (SSSR count). The van der Waals surface area contributed by atoms with Crippen molar-refractivity contribution >= 4 is 5.91 Å². The summed E-state index contributed by atoms with van der Waals surface area (Å²) in [4.78, 5) is 14.0. The fourth-order valence-electron chi connectivity index (χ4n) is 2.95. The van der Waals surface area contributed by atoms with Gasteiger partial charge in [-0.25, -0.2) is 0 Å². The third-order valence-corrected chi connectivity index (χ3v) is 3.63. The maximum Gasteiger partial charge on any atom is 0.242 e. The van der Waals surface area contributed by atoms with Gasteiger partial charge in [-0.2, -0.15) is 0 Å². The van der Waals surface area contributed by atoms with Gasteiger partial charge in [0.2, 0.25) is 5.91 Å². The highest BCUT2D eigenvalue weighted by Crippen LogP contribution is 2.35. The van der Waals surface area contributed by atoms with Gasteiger partial charge in [-0.05, 0) is 25.7 Å². The van der Waals surface area contributed by atoms with E-state index in [1.54, 1.807) is 7.11 Å². The number of carbonyl (C=O) groups is 1. The Bertz CT molecular complexity index is 258. The molecule has 0 radical (unpaired) electrons. The molecule has 0 spiro atoms. The molecule has 2 saturated heterocycles. The Labute approximate surface area is 95.5 Å². The van der Waals surface area contributed by atoms with Crippen molar-refractivity contribution in [3.05, 3.63) is 0 Å². The lowest BCUT2D eigenvalue weighted by molar-refractivity contribution is -0.140. The van der Waals surface area contributed by atoms with Gasteiger partial charge in [0.25, 0.3) is 0 Å². The molecule has 2 aliphatic rings. The lowest BCUT2D eigenvalue weighted by Crippen LogP contribution is -2.54. The molecule has 2 bridgehead atoms. The van der Waals surface area contributed by atoms with Gasteiger partial charge in [0, 0.05) is 19.2 Å². The van der Waals surface area contributed by atoms with Crippen LogP contribution in [0.2, 0.25) is 0 Å². The zero-order valence-corrected chi connectivity index (χ0v) is 9.63. The van der Waals surface area contributed by atoms with Gasteiger partial charge in [0.15, 0.2) is 0 Å². The van der Waals surface area contributed by atoms with Gasteiger partial charge in [-0.15, -0.1) is 0 Å². The molecular formula is C11H20N2O3. The van der Waals surface area contributed by atoms with Crippen molar-refractivity contribution < 1.29 is 14.6 Å². The Morgan fingerprint density at radius 2 is 2.06 bits per heavy atom. The maximum atomic E-state index is 12.1. The highest BCUT2D eigenvalue weighted by molar-refractivity contribution is 5.82. The molecule has 0 aromatic carbocycles. The molecule has 2 heterocycles. The summed E-state index contributed by atoms with van der Waals surface area (Å²) < 4.78 is 4.91. The quantitative estimate of drug-likeness (QED) is 0.681. The van der Waals surface area contributed by atoms with Crippen LogP contribution in [0.5, 0.6) is 0 Å². The van der Waals surface area contributed by atoms with Gasteiger partial charge < -0.3 is 20.5 Å². The SMILES string of the molecule is COCC(N)C(=O)N1C2CCC1CC(O)C2. The third kappa shape index (κ3) is 2.07. The maximum absolute atomic E-state index is 12.1. The largest absolute Gasteiger partial charge is 0.393 e. The van der Waals surface area contributed by atoms with E-state index < -0.39 is 6.04 Å². The second-order valence-electron chi connectivity index (χ2n) is 4.82. The molecule has 5 heteroatoms. The molecule has 0 aromatic heterocycles. The number of rotatable bonds is 3. The molecule has 3 unspecified atom stereocenters. The zero-order valence-electron chi connectivity index (χ0n) is 9.63. The second-order valence-corrected chi connectivity index (χ2v) is 4.82. The molecule has 3 N–H and O–H groups in total. The highest BCUT2D eigenvalue weighted by atomic mass is 16.5. The van der Waals surface area contributed by atoms with E-state index in [2.05, 4.69) is 0 Å². The number of aliphatic hydroxyl groups excluding tert-OH is 1. The predicted octanol–water partition coefficient (Wildman–Crippen LogP) is -0.526. The van der Waals surface area contributed by atoms with E-state index in [0.717, 1.165) is 12.8 Å². The van der Waals surface area contributed by atoms with Crippen LogP contribution in [0.25, 0.3) is 0 Å². The van der Waals surface area contributed by atoms with Crippen molar-refractivity contribution in [2.75, 3.05) is 13.7 Å². The Morgan fingerprint density at radius 3 is 2.56 bits per heavy atom. The highest BCUT2D eigenvalue weighted by Gasteiger charge is 2.43. The molecule has 2 aliphatic heterocycles. The third-order valence-electron chi connectivity index (χ3n) is 3.63. The number of carbonyl (C=O) groups excluding carboxylic acids is 1. The average molecular weight is 228 g/mol. The minimum atomic E-state index is -0.566. The molecule has 3 atom stereocenters. The minimum Gasteiger partial charge on any atom is -0.393 e. The van der Waals surface area contributed by atoms with E-state index in [9.17, 15) is 9.90 Å². The normalized spacial score (nSPS) is 35.2. The van der Waals surface area contributed by atoms with E-state index in [0.29, 0.717) is 12.8 Å². The number of ether oxygens (including phenoxy) is 1. The van der Waals surface area contributed by atoms with Crippen LogP contribution in [0.1, 0.15) is 25.7 Å². The molecule has 0 aliphatic carbocycles. The number of nitrogens with two attached hydrogens (primary N) is 1. The number of methoxy groups -OCH3 is 1. The van der Waals surface area contributed by atoms with E-state index >= 15 is 0 Å². The van der Waals surface area contributed by atoms with E-state index in [1.165, 1.54) is 0 Å². The van der Waals surface area contributed by atoms with Gasteiger partial charge in [0.1, 0.15) is 6.04 Å². The standard InChI is InChI=1S/C11H20N2O3/c1-16-6-10(12)11(15)13-7-2-3-8(13)5-9(14)4-7/h7-10,14H,2-6,12H2,1H3. The summed E-state index contributed by atoms with van der Waals surface area (Å²) in [5.41, 5.74) is 5.77. The van der Waals surface area contributed by atoms with Crippen molar-refractivity contribution in [2.45, 2.75) is 49.9 Å². The average Bonchev–Trinajstić information content (AvgIpc) is 2.50.